The zero-order valence-corrected chi connectivity index (χ0v) is 8.89. The maximum Gasteiger partial charge on any atom is 0.230 e. The minimum Gasteiger partial charge on any atom is -0.368 e. The van der Waals surface area contributed by atoms with Crippen LogP contribution in [0.1, 0.15) is 5.69 Å². The summed E-state index contributed by atoms with van der Waals surface area (Å²) in [6.45, 7) is 1.84. The van der Waals surface area contributed by atoms with Gasteiger partial charge in [-0.1, -0.05) is 11.8 Å². The monoisotopic (exact) mass is 212 g/mol. The molecule has 1 aromatic heterocycles. The molecular formula is C8H12N4OS. The number of nitrogen functional groups attached to an aromatic ring is 1. The van der Waals surface area contributed by atoms with Crippen molar-refractivity contribution >= 4 is 23.6 Å². The third-order valence-electron chi connectivity index (χ3n) is 1.48. The second-order valence-electron chi connectivity index (χ2n) is 2.67. The van der Waals surface area contributed by atoms with E-state index in [0.29, 0.717) is 5.75 Å². The van der Waals surface area contributed by atoms with Crippen molar-refractivity contribution in [2.75, 3.05) is 18.5 Å². The highest BCUT2D eigenvalue weighted by Crippen LogP contribution is 2.16. The van der Waals surface area contributed by atoms with Crippen LogP contribution in [0.5, 0.6) is 0 Å². The van der Waals surface area contributed by atoms with Crippen LogP contribution >= 0.6 is 11.8 Å². The fourth-order valence-electron chi connectivity index (χ4n) is 0.847. The van der Waals surface area contributed by atoms with Crippen LogP contribution in [0.2, 0.25) is 0 Å². The lowest BCUT2D eigenvalue weighted by atomic mass is 10.5. The van der Waals surface area contributed by atoms with Gasteiger partial charge in [0.15, 0.2) is 0 Å². The van der Waals surface area contributed by atoms with Crippen LogP contribution in [-0.2, 0) is 4.79 Å². The van der Waals surface area contributed by atoms with Crippen LogP contribution in [0, 0.1) is 6.92 Å². The van der Waals surface area contributed by atoms with Gasteiger partial charge in [-0.2, -0.15) is 0 Å². The summed E-state index contributed by atoms with van der Waals surface area (Å²) in [5, 5.41) is 3.25. The second kappa shape index (κ2) is 4.80. The lowest BCUT2D eigenvalue weighted by Crippen LogP contribution is -2.19. The molecule has 14 heavy (non-hydrogen) atoms. The first-order valence-corrected chi connectivity index (χ1v) is 5.05. The normalized spacial score (nSPS) is 9.86. The zero-order valence-electron chi connectivity index (χ0n) is 8.07. The third-order valence-corrected chi connectivity index (χ3v) is 2.39. The molecule has 0 unspecified atom stereocenters. The number of hydrogen-bond acceptors (Lipinski definition) is 5. The molecule has 0 atom stereocenters. The van der Waals surface area contributed by atoms with Gasteiger partial charge in [0.1, 0.15) is 5.03 Å². The summed E-state index contributed by atoms with van der Waals surface area (Å²) < 4.78 is 0. The van der Waals surface area contributed by atoms with E-state index in [9.17, 15) is 4.79 Å². The van der Waals surface area contributed by atoms with Gasteiger partial charge in [0.2, 0.25) is 11.9 Å². The van der Waals surface area contributed by atoms with E-state index in [-0.39, 0.29) is 11.9 Å². The molecule has 1 rings (SSSR count). The Kier molecular flexibility index (Phi) is 3.70. The Bertz CT molecular complexity index is 322. The topological polar surface area (TPSA) is 80.9 Å². The van der Waals surface area contributed by atoms with Gasteiger partial charge in [0.25, 0.3) is 0 Å². The van der Waals surface area contributed by atoms with Gasteiger partial charge in [0, 0.05) is 12.7 Å². The van der Waals surface area contributed by atoms with Crippen molar-refractivity contribution < 1.29 is 4.79 Å². The third kappa shape index (κ3) is 3.21. The largest absolute Gasteiger partial charge is 0.368 e. The minimum atomic E-state index is -0.0372. The first kappa shape index (κ1) is 10.8. The van der Waals surface area contributed by atoms with Crippen molar-refractivity contribution in [3.05, 3.63) is 11.8 Å². The molecule has 0 aliphatic heterocycles. The smallest absolute Gasteiger partial charge is 0.230 e. The predicted molar refractivity (Wildman–Crippen MR) is 56.0 cm³/mol. The molecule has 0 spiro atoms. The van der Waals surface area contributed by atoms with Gasteiger partial charge in [-0.3, -0.25) is 4.79 Å². The van der Waals surface area contributed by atoms with Crippen molar-refractivity contribution in [3.8, 4) is 0 Å². The number of aryl methyl sites for hydroxylation is 1. The number of nitrogens with two attached hydrogens (primary N) is 1. The lowest BCUT2D eigenvalue weighted by Gasteiger charge is -2.01. The van der Waals surface area contributed by atoms with Crippen molar-refractivity contribution in [3.63, 3.8) is 0 Å². The van der Waals surface area contributed by atoms with Crippen molar-refractivity contribution in [1.29, 1.82) is 0 Å². The van der Waals surface area contributed by atoms with Gasteiger partial charge < -0.3 is 11.1 Å². The first-order chi connectivity index (χ1) is 6.61. The van der Waals surface area contributed by atoms with E-state index in [1.807, 2.05) is 6.92 Å². The molecule has 0 bridgehead atoms. The van der Waals surface area contributed by atoms with Crippen LogP contribution in [0.3, 0.4) is 0 Å². The molecule has 0 aliphatic rings. The van der Waals surface area contributed by atoms with Crippen LogP contribution in [0.25, 0.3) is 0 Å². The SMILES string of the molecule is CNC(=O)CSc1cc(C)nc(N)n1. The molecule has 1 amide bonds. The summed E-state index contributed by atoms with van der Waals surface area (Å²) in [6, 6.07) is 1.80. The molecule has 0 saturated carbocycles. The van der Waals surface area contributed by atoms with Crippen LogP contribution in [0.4, 0.5) is 5.95 Å². The Morgan fingerprint density at radius 1 is 1.64 bits per heavy atom. The number of carbonyl (C=O) groups is 1. The highest BCUT2D eigenvalue weighted by atomic mass is 32.2. The molecular weight excluding hydrogens is 200 g/mol. The lowest BCUT2D eigenvalue weighted by molar-refractivity contribution is -0.118. The van der Waals surface area contributed by atoms with Crippen LogP contribution in [0.15, 0.2) is 11.1 Å². The summed E-state index contributed by atoms with van der Waals surface area (Å²) in [4.78, 5) is 18.9. The molecule has 6 heteroatoms. The second-order valence-corrected chi connectivity index (χ2v) is 3.66. The maximum atomic E-state index is 10.9. The van der Waals surface area contributed by atoms with Crippen LogP contribution in [-0.4, -0.2) is 28.7 Å². The average molecular weight is 212 g/mol. The van der Waals surface area contributed by atoms with Gasteiger partial charge >= 0.3 is 0 Å². The number of nitrogens with one attached hydrogen (secondary N) is 1. The van der Waals surface area contributed by atoms with Crippen molar-refractivity contribution in [2.24, 2.45) is 0 Å². The summed E-state index contributed by atoms with van der Waals surface area (Å²) in [6.07, 6.45) is 0. The molecule has 1 aromatic rings. The number of hydrogen-bond donors (Lipinski definition) is 2. The standard InChI is InChI=1S/C8H12N4OS/c1-5-3-7(12-8(9)11-5)14-4-6(13)10-2/h3H,4H2,1-2H3,(H,10,13)(H2,9,11,12). The Morgan fingerprint density at radius 3 is 2.93 bits per heavy atom. The van der Waals surface area contributed by atoms with E-state index in [2.05, 4.69) is 15.3 Å². The number of rotatable bonds is 3. The van der Waals surface area contributed by atoms with E-state index in [1.54, 1.807) is 13.1 Å². The zero-order chi connectivity index (χ0) is 10.6. The number of nitrogens with zero attached hydrogens (tertiary/aromatic N) is 2. The molecule has 76 valence electrons. The Labute approximate surface area is 86.5 Å². The van der Waals surface area contributed by atoms with Gasteiger partial charge in [-0.05, 0) is 13.0 Å². The highest BCUT2D eigenvalue weighted by molar-refractivity contribution is 7.99. The van der Waals surface area contributed by atoms with Crippen molar-refractivity contribution in [2.45, 2.75) is 11.9 Å². The van der Waals surface area contributed by atoms with E-state index >= 15 is 0 Å². The number of aromatic nitrogens is 2. The average Bonchev–Trinajstić information content (AvgIpc) is 2.12. The quantitative estimate of drug-likeness (QED) is 0.553. The van der Waals surface area contributed by atoms with Gasteiger partial charge in [-0.25, -0.2) is 9.97 Å². The number of anilines is 1. The van der Waals surface area contributed by atoms with E-state index < -0.39 is 0 Å². The van der Waals surface area contributed by atoms with E-state index in [0.717, 1.165) is 10.7 Å². The Morgan fingerprint density at radius 2 is 2.36 bits per heavy atom. The fraction of sp³-hybridized carbons (Fsp3) is 0.375. The molecule has 3 N–H and O–H groups in total. The molecule has 5 nitrogen and oxygen atoms in total. The van der Waals surface area contributed by atoms with E-state index in [4.69, 9.17) is 5.73 Å². The fourth-order valence-corrected chi connectivity index (χ4v) is 1.68. The maximum absolute atomic E-state index is 10.9. The minimum absolute atomic E-state index is 0.0372. The summed E-state index contributed by atoms with van der Waals surface area (Å²) in [5.74, 6) is 0.543. The summed E-state index contributed by atoms with van der Waals surface area (Å²) >= 11 is 1.34. The summed E-state index contributed by atoms with van der Waals surface area (Å²) in [5.41, 5.74) is 6.26. The number of carbonyl (C=O) groups excluding carboxylic acids is 1. The molecule has 0 radical (unpaired) electrons. The summed E-state index contributed by atoms with van der Waals surface area (Å²) in [7, 11) is 1.60. The molecule has 0 fully saturated rings. The molecule has 0 aliphatic carbocycles. The van der Waals surface area contributed by atoms with Gasteiger partial charge in [-0.15, -0.1) is 0 Å². The Balaban J connectivity index is 2.63. The first-order valence-electron chi connectivity index (χ1n) is 4.06. The molecule has 0 aromatic carbocycles. The Hall–Kier alpha value is -1.30. The predicted octanol–water partition coefficient (Wildman–Crippen LogP) is 0.205. The number of thioether (sulfide) groups is 1. The van der Waals surface area contributed by atoms with Gasteiger partial charge in [0.05, 0.1) is 5.75 Å². The molecule has 1 heterocycles. The highest BCUT2D eigenvalue weighted by Gasteiger charge is 2.03. The molecule has 0 saturated heterocycles. The van der Waals surface area contributed by atoms with E-state index in [1.165, 1.54) is 11.8 Å². The number of amides is 1. The van der Waals surface area contributed by atoms with Crippen LogP contribution < -0.4 is 11.1 Å². The van der Waals surface area contributed by atoms with Crippen molar-refractivity contribution in [1.82, 2.24) is 15.3 Å².